The molecule has 6 nitrogen and oxygen atoms in total. The first-order valence-corrected chi connectivity index (χ1v) is 12.1. The number of carbonyl (C=O) groups excluding carboxylic acids is 1. The second-order valence-electron chi connectivity index (χ2n) is 8.17. The normalized spacial score (nSPS) is 20.9. The molecular weight excluding hydrogens is 374 g/mol. The van der Waals surface area contributed by atoms with Crippen molar-refractivity contribution in [1.29, 1.82) is 0 Å². The highest BCUT2D eigenvalue weighted by Gasteiger charge is 2.35. The van der Waals surface area contributed by atoms with Crippen molar-refractivity contribution in [3.8, 4) is 0 Å². The lowest BCUT2D eigenvalue weighted by Gasteiger charge is -2.34. The Labute approximate surface area is 169 Å². The number of hydrogen-bond acceptors (Lipinski definition) is 3. The molecule has 1 atom stereocenters. The zero-order chi connectivity index (χ0) is 20.1. The first-order valence-electron chi connectivity index (χ1n) is 10.7. The van der Waals surface area contributed by atoms with E-state index in [1.165, 1.54) is 17.7 Å². The monoisotopic (exact) mass is 408 g/mol. The predicted octanol–water partition coefficient (Wildman–Crippen LogP) is 0.976. The second-order valence-corrected chi connectivity index (χ2v) is 10.1. The van der Waals surface area contributed by atoms with E-state index in [9.17, 15) is 13.2 Å². The van der Waals surface area contributed by atoms with Crippen molar-refractivity contribution in [2.45, 2.75) is 69.4 Å². The number of nitrogens with zero attached hydrogens (tertiary/aromatic N) is 1. The van der Waals surface area contributed by atoms with Gasteiger partial charge in [-0.05, 0) is 43.9 Å². The topological polar surface area (TPSA) is 70.9 Å². The van der Waals surface area contributed by atoms with Gasteiger partial charge in [0.15, 0.2) is 6.04 Å². The SMILES string of the molecule is CCCc1ccc(S(=O)(=O)N2CC[NH+]([C@@H](C)C(=O)NC3CCCC3)CC2)cc1. The number of sulfonamides is 1. The van der Waals surface area contributed by atoms with Crippen molar-refractivity contribution in [2.75, 3.05) is 26.2 Å². The van der Waals surface area contributed by atoms with Gasteiger partial charge in [-0.2, -0.15) is 4.31 Å². The molecular formula is C21H34N3O3S+. The fraction of sp³-hybridized carbons (Fsp3) is 0.667. The summed E-state index contributed by atoms with van der Waals surface area (Å²) in [5, 5.41) is 3.17. The molecule has 2 fully saturated rings. The number of piperazine rings is 1. The Balaban J connectivity index is 1.55. The molecule has 1 aromatic carbocycles. The van der Waals surface area contributed by atoms with Gasteiger partial charge in [-0.25, -0.2) is 8.42 Å². The summed E-state index contributed by atoms with van der Waals surface area (Å²) >= 11 is 0. The molecule has 1 aliphatic carbocycles. The molecule has 3 rings (SSSR count). The van der Waals surface area contributed by atoms with E-state index >= 15 is 0 Å². The molecule has 2 aliphatic rings. The van der Waals surface area contributed by atoms with Gasteiger partial charge in [-0.15, -0.1) is 0 Å². The average Bonchev–Trinajstić information content (AvgIpc) is 3.21. The quantitative estimate of drug-likeness (QED) is 0.706. The highest BCUT2D eigenvalue weighted by Crippen LogP contribution is 2.18. The number of nitrogens with one attached hydrogen (secondary N) is 2. The molecule has 0 aromatic heterocycles. The minimum atomic E-state index is -3.46. The minimum absolute atomic E-state index is 0.102. The van der Waals surface area contributed by atoms with Crippen LogP contribution in [0.4, 0.5) is 0 Å². The lowest BCUT2D eigenvalue weighted by Crippen LogP contribution is -3.19. The van der Waals surface area contributed by atoms with Crippen molar-refractivity contribution in [2.24, 2.45) is 0 Å². The zero-order valence-corrected chi connectivity index (χ0v) is 17.9. The molecule has 1 heterocycles. The summed E-state index contributed by atoms with van der Waals surface area (Å²) in [4.78, 5) is 14.1. The van der Waals surface area contributed by atoms with Crippen LogP contribution < -0.4 is 10.2 Å². The first-order chi connectivity index (χ1) is 13.4. The fourth-order valence-corrected chi connectivity index (χ4v) is 5.74. The van der Waals surface area contributed by atoms with Gasteiger partial charge >= 0.3 is 0 Å². The van der Waals surface area contributed by atoms with Crippen LogP contribution in [0.5, 0.6) is 0 Å². The molecule has 0 unspecified atom stereocenters. The maximum atomic E-state index is 12.9. The van der Waals surface area contributed by atoms with Gasteiger partial charge in [0.25, 0.3) is 5.91 Å². The standard InChI is InChI=1S/C21H33N3O3S/c1-3-6-18-9-11-20(12-10-18)28(26,27)24-15-13-23(14-16-24)17(2)21(25)22-19-7-4-5-8-19/h9-12,17,19H,3-8,13-16H2,1-2H3,(H,22,25)/p+1/t17-/m0/s1. The van der Waals surface area contributed by atoms with Crippen LogP contribution in [0.3, 0.4) is 0 Å². The number of amides is 1. The average molecular weight is 409 g/mol. The zero-order valence-electron chi connectivity index (χ0n) is 17.1. The van der Waals surface area contributed by atoms with Crippen LogP contribution in [0.2, 0.25) is 0 Å². The summed E-state index contributed by atoms with van der Waals surface area (Å²) in [5.41, 5.74) is 1.16. The molecule has 1 saturated carbocycles. The van der Waals surface area contributed by atoms with Gasteiger partial charge < -0.3 is 10.2 Å². The van der Waals surface area contributed by atoms with Crippen LogP contribution in [0, 0.1) is 0 Å². The van der Waals surface area contributed by atoms with Crippen LogP contribution >= 0.6 is 0 Å². The molecule has 0 bridgehead atoms. The van der Waals surface area contributed by atoms with E-state index in [2.05, 4.69) is 12.2 Å². The van der Waals surface area contributed by atoms with Crippen molar-refractivity contribution in [3.05, 3.63) is 29.8 Å². The van der Waals surface area contributed by atoms with Gasteiger partial charge in [0.1, 0.15) is 0 Å². The molecule has 2 N–H and O–H groups in total. The Morgan fingerprint density at radius 2 is 1.79 bits per heavy atom. The van der Waals surface area contributed by atoms with Crippen LogP contribution in [0.1, 0.15) is 51.5 Å². The number of quaternary nitrogens is 1. The summed E-state index contributed by atoms with van der Waals surface area (Å²) in [5.74, 6) is 0.102. The summed E-state index contributed by atoms with van der Waals surface area (Å²) in [6, 6.07) is 7.44. The van der Waals surface area contributed by atoms with Gasteiger partial charge in [-0.3, -0.25) is 4.79 Å². The first kappa shape index (κ1) is 21.3. The molecule has 156 valence electrons. The van der Waals surface area contributed by atoms with Crippen molar-refractivity contribution in [3.63, 3.8) is 0 Å². The molecule has 1 aliphatic heterocycles. The van der Waals surface area contributed by atoms with Gasteiger partial charge in [0, 0.05) is 6.04 Å². The van der Waals surface area contributed by atoms with Gasteiger partial charge in [0.05, 0.1) is 31.1 Å². The number of hydrogen-bond donors (Lipinski definition) is 2. The Bertz CT molecular complexity index is 750. The van der Waals surface area contributed by atoms with E-state index < -0.39 is 10.0 Å². The molecule has 0 radical (unpaired) electrons. The van der Waals surface area contributed by atoms with E-state index in [0.29, 0.717) is 37.1 Å². The van der Waals surface area contributed by atoms with Crippen molar-refractivity contribution >= 4 is 15.9 Å². The lowest BCUT2D eigenvalue weighted by atomic mass is 10.1. The molecule has 7 heteroatoms. The maximum Gasteiger partial charge on any atom is 0.278 e. The van der Waals surface area contributed by atoms with Gasteiger partial charge in [-0.1, -0.05) is 38.3 Å². The van der Waals surface area contributed by atoms with Crippen LogP contribution in [0.15, 0.2) is 29.2 Å². The third-order valence-electron chi connectivity index (χ3n) is 6.17. The highest BCUT2D eigenvalue weighted by atomic mass is 32.2. The summed E-state index contributed by atoms with van der Waals surface area (Å²) in [6.45, 7) is 6.29. The predicted molar refractivity (Wildman–Crippen MR) is 110 cm³/mol. The largest absolute Gasteiger partial charge is 0.348 e. The molecule has 1 saturated heterocycles. The number of benzene rings is 1. The molecule has 28 heavy (non-hydrogen) atoms. The van der Waals surface area contributed by atoms with E-state index in [-0.39, 0.29) is 11.9 Å². The smallest absolute Gasteiger partial charge is 0.278 e. The third kappa shape index (κ3) is 4.93. The Morgan fingerprint density at radius 3 is 2.36 bits per heavy atom. The van der Waals surface area contributed by atoms with E-state index in [4.69, 9.17) is 0 Å². The minimum Gasteiger partial charge on any atom is -0.348 e. The lowest BCUT2D eigenvalue weighted by molar-refractivity contribution is -0.917. The van der Waals surface area contributed by atoms with Gasteiger partial charge in [0.2, 0.25) is 10.0 Å². The van der Waals surface area contributed by atoms with E-state index in [1.807, 2.05) is 19.1 Å². The third-order valence-corrected chi connectivity index (χ3v) is 8.08. The Morgan fingerprint density at radius 1 is 1.18 bits per heavy atom. The number of rotatable bonds is 7. The molecule has 1 aromatic rings. The number of aryl methyl sites for hydroxylation is 1. The fourth-order valence-electron chi connectivity index (χ4n) is 4.29. The van der Waals surface area contributed by atoms with Crippen LogP contribution in [-0.2, 0) is 21.2 Å². The van der Waals surface area contributed by atoms with E-state index in [1.54, 1.807) is 16.4 Å². The highest BCUT2D eigenvalue weighted by molar-refractivity contribution is 7.89. The van der Waals surface area contributed by atoms with Crippen molar-refractivity contribution in [1.82, 2.24) is 9.62 Å². The second kappa shape index (κ2) is 9.37. The number of carbonyl (C=O) groups is 1. The van der Waals surface area contributed by atoms with Crippen molar-refractivity contribution < 1.29 is 18.1 Å². The van der Waals surface area contributed by atoms with Crippen LogP contribution in [-0.4, -0.2) is 56.9 Å². The summed E-state index contributed by atoms with van der Waals surface area (Å²) < 4.78 is 27.4. The molecule has 0 spiro atoms. The summed E-state index contributed by atoms with van der Waals surface area (Å²) in [6.07, 6.45) is 6.56. The van der Waals surface area contributed by atoms with Crippen LogP contribution in [0.25, 0.3) is 0 Å². The Hall–Kier alpha value is -1.44. The Kier molecular flexibility index (Phi) is 7.12. The maximum absolute atomic E-state index is 12.9. The van der Waals surface area contributed by atoms with E-state index in [0.717, 1.165) is 31.2 Å². The summed E-state index contributed by atoms with van der Waals surface area (Å²) in [7, 11) is -3.46. The molecule has 1 amide bonds.